The van der Waals surface area contributed by atoms with Crippen LogP contribution in [0.5, 0.6) is 0 Å². The lowest BCUT2D eigenvalue weighted by atomic mass is 10.1. The molecule has 1 aromatic heterocycles. The Labute approximate surface area is 171 Å². The molecule has 3 aromatic rings. The largest absolute Gasteiger partial charge is 0.468 e. The number of methoxy groups -OCH3 is 2. The van der Waals surface area contributed by atoms with Gasteiger partial charge in [0.05, 0.1) is 25.3 Å². The highest BCUT2D eigenvalue weighted by Crippen LogP contribution is 2.17. The van der Waals surface area contributed by atoms with Crippen LogP contribution in [0.3, 0.4) is 0 Å². The smallest absolute Gasteiger partial charge is 0.325 e. The average Bonchev–Trinajstić information content (AvgIpc) is 2.79. The molecule has 0 aliphatic heterocycles. The van der Waals surface area contributed by atoms with Crippen LogP contribution >= 0.6 is 0 Å². The zero-order valence-corrected chi connectivity index (χ0v) is 16.4. The number of fused-ring (bicyclic) bond motifs is 1. The molecule has 0 bridgehead atoms. The van der Waals surface area contributed by atoms with Crippen molar-refractivity contribution in [3.05, 3.63) is 70.6 Å². The minimum absolute atomic E-state index is 0.0816. The Bertz CT molecular complexity index is 1140. The van der Waals surface area contributed by atoms with Crippen LogP contribution in [0.2, 0.25) is 0 Å². The van der Waals surface area contributed by atoms with Crippen LogP contribution < -0.4 is 5.56 Å². The summed E-state index contributed by atoms with van der Waals surface area (Å²) < 4.78 is 10.4. The lowest BCUT2D eigenvalue weighted by Crippen LogP contribution is -2.41. The van der Waals surface area contributed by atoms with E-state index in [-0.39, 0.29) is 11.1 Å². The van der Waals surface area contributed by atoms with Gasteiger partial charge in [-0.2, -0.15) is 9.78 Å². The van der Waals surface area contributed by atoms with E-state index in [4.69, 9.17) is 0 Å². The number of esters is 2. The highest BCUT2D eigenvalue weighted by Gasteiger charge is 2.26. The average molecular weight is 409 g/mol. The van der Waals surface area contributed by atoms with Crippen LogP contribution in [0.4, 0.5) is 0 Å². The van der Waals surface area contributed by atoms with Crippen molar-refractivity contribution >= 4 is 28.6 Å². The second-order valence-corrected chi connectivity index (χ2v) is 6.26. The SMILES string of the molecule is COC(=O)CN(CC(=O)OC)C(=O)c1nn(-c2ccccc2)c(=O)c2ccccc12. The summed E-state index contributed by atoms with van der Waals surface area (Å²) in [5.74, 6) is -2.15. The number of amides is 1. The first-order valence-corrected chi connectivity index (χ1v) is 8.96. The van der Waals surface area contributed by atoms with E-state index in [1.165, 1.54) is 14.2 Å². The topological polar surface area (TPSA) is 108 Å². The molecule has 0 aliphatic carbocycles. The van der Waals surface area contributed by atoms with Gasteiger partial charge in [0.1, 0.15) is 13.1 Å². The van der Waals surface area contributed by atoms with E-state index in [0.717, 1.165) is 9.58 Å². The van der Waals surface area contributed by atoms with Gasteiger partial charge >= 0.3 is 11.9 Å². The molecular formula is C21H19N3O6. The second kappa shape index (κ2) is 8.99. The van der Waals surface area contributed by atoms with Gasteiger partial charge in [-0.3, -0.25) is 19.2 Å². The van der Waals surface area contributed by atoms with Gasteiger partial charge in [0.15, 0.2) is 5.69 Å². The minimum atomic E-state index is -0.716. The van der Waals surface area contributed by atoms with Gasteiger partial charge in [-0.1, -0.05) is 36.4 Å². The fourth-order valence-electron chi connectivity index (χ4n) is 2.88. The standard InChI is InChI=1S/C21H19N3O6/c1-29-17(25)12-23(13-18(26)30-2)21(28)19-15-10-6-7-11-16(15)20(27)24(22-19)14-8-4-3-5-9-14/h3-11H,12-13H2,1-2H3. The highest BCUT2D eigenvalue weighted by atomic mass is 16.5. The number of hydrogen-bond donors (Lipinski definition) is 0. The molecule has 0 saturated carbocycles. The molecule has 0 spiro atoms. The van der Waals surface area contributed by atoms with Crippen molar-refractivity contribution in [2.45, 2.75) is 0 Å². The van der Waals surface area contributed by atoms with Crippen LogP contribution in [0.1, 0.15) is 10.5 Å². The third-order valence-electron chi connectivity index (χ3n) is 4.39. The van der Waals surface area contributed by atoms with E-state index in [9.17, 15) is 19.2 Å². The van der Waals surface area contributed by atoms with Crippen LogP contribution in [-0.2, 0) is 19.1 Å². The van der Waals surface area contributed by atoms with Crippen LogP contribution in [0, 0.1) is 0 Å². The van der Waals surface area contributed by atoms with E-state index in [0.29, 0.717) is 11.1 Å². The Kier molecular flexibility index (Phi) is 6.21. The maximum Gasteiger partial charge on any atom is 0.325 e. The molecule has 2 aromatic carbocycles. The lowest BCUT2D eigenvalue weighted by Gasteiger charge is -2.21. The summed E-state index contributed by atoms with van der Waals surface area (Å²) in [6, 6.07) is 15.1. The highest BCUT2D eigenvalue weighted by molar-refractivity contribution is 6.06. The number of nitrogens with zero attached hydrogens (tertiary/aromatic N) is 3. The maximum atomic E-state index is 13.3. The molecular weight excluding hydrogens is 390 g/mol. The molecule has 9 heteroatoms. The number of ether oxygens (including phenoxy) is 2. The van der Waals surface area contributed by atoms with Crippen molar-refractivity contribution in [1.82, 2.24) is 14.7 Å². The molecule has 9 nitrogen and oxygen atoms in total. The van der Waals surface area contributed by atoms with Crippen LogP contribution in [0.25, 0.3) is 16.5 Å². The first-order valence-electron chi connectivity index (χ1n) is 8.96. The zero-order valence-electron chi connectivity index (χ0n) is 16.4. The molecule has 0 atom stereocenters. The van der Waals surface area contributed by atoms with Gasteiger partial charge in [-0.25, -0.2) is 0 Å². The van der Waals surface area contributed by atoms with Crippen molar-refractivity contribution in [2.75, 3.05) is 27.3 Å². The summed E-state index contributed by atoms with van der Waals surface area (Å²) in [5, 5.41) is 4.85. The number of para-hydroxylation sites is 1. The molecule has 1 heterocycles. The number of carbonyl (C=O) groups excluding carboxylic acids is 3. The molecule has 154 valence electrons. The number of rotatable bonds is 6. The molecule has 1 amide bonds. The number of carbonyl (C=O) groups is 3. The molecule has 0 saturated heterocycles. The molecule has 0 aliphatic rings. The number of benzene rings is 2. The fraction of sp³-hybridized carbons (Fsp3) is 0.190. The number of hydrogen-bond acceptors (Lipinski definition) is 7. The summed E-state index contributed by atoms with van der Waals surface area (Å²) in [5.41, 5.74) is -0.0162. The Morgan fingerprint density at radius 1 is 0.867 bits per heavy atom. The Hall–Kier alpha value is -4.01. The van der Waals surface area contributed by atoms with Crippen LogP contribution in [0.15, 0.2) is 59.4 Å². The van der Waals surface area contributed by atoms with Gasteiger partial charge in [0.2, 0.25) is 0 Å². The van der Waals surface area contributed by atoms with Gasteiger partial charge in [0, 0.05) is 5.39 Å². The summed E-state index contributed by atoms with van der Waals surface area (Å²) in [6.07, 6.45) is 0. The molecule has 0 N–H and O–H groups in total. The fourth-order valence-corrected chi connectivity index (χ4v) is 2.88. The van der Waals surface area contributed by atoms with Gasteiger partial charge in [0.25, 0.3) is 11.5 Å². The summed E-state index contributed by atoms with van der Waals surface area (Å²) in [4.78, 5) is 50.8. The molecule has 0 radical (unpaired) electrons. The molecule has 0 fully saturated rings. The lowest BCUT2D eigenvalue weighted by molar-refractivity contribution is -0.144. The van der Waals surface area contributed by atoms with E-state index in [1.54, 1.807) is 54.6 Å². The molecule has 30 heavy (non-hydrogen) atoms. The molecule has 3 rings (SSSR count). The van der Waals surface area contributed by atoms with Gasteiger partial charge in [-0.05, 0) is 18.2 Å². The Morgan fingerprint density at radius 2 is 1.40 bits per heavy atom. The van der Waals surface area contributed by atoms with Gasteiger partial charge < -0.3 is 14.4 Å². The minimum Gasteiger partial charge on any atom is -0.468 e. The third kappa shape index (κ3) is 4.19. The monoisotopic (exact) mass is 409 g/mol. The third-order valence-corrected chi connectivity index (χ3v) is 4.39. The van der Waals surface area contributed by atoms with Crippen molar-refractivity contribution in [3.8, 4) is 5.69 Å². The Balaban J connectivity index is 2.18. The van der Waals surface area contributed by atoms with Gasteiger partial charge in [-0.15, -0.1) is 0 Å². The van der Waals surface area contributed by atoms with Crippen molar-refractivity contribution in [1.29, 1.82) is 0 Å². The second-order valence-electron chi connectivity index (χ2n) is 6.26. The summed E-state index contributed by atoms with van der Waals surface area (Å²) >= 11 is 0. The van der Waals surface area contributed by atoms with E-state index < -0.39 is 36.5 Å². The maximum absolute atomic E-state index is 13.3. The zero-order chi connectivity index (χ0) is 21.7. The Morgan fingerprint density at radius 3 is 1.97 bits per heavy atom. The predicted octanol–water partition coefficient (Wildman–Crippen LogP) is 1.17. The normalized spacial score (nSPS) is 10.5. The number of aromatic nitrogens is 2. The first-order chi connectivity index (χ1) is 14.5. The van der Waals surface area contributed by atoms with Crippen molar-refractivity contribution in [3.63, 3.8) is 0 Å². The molecule has 0 unspecified atom stereocenters. The first kappa shape index (κ1) is 20.7. The summed E-state index contributed by atoms with van der Waals surface area (Å²) in [7, 11) is 2.35. The van der Waals surface area contributed by atoms with E-state index in [1.807, 2.05) is 0 Å². The van der Waals surface area contributed by atoms with Crippen molar-refractivity contribution < 1.29 is 23.9 Å². The quantitative estimate of drug-likeness (QED) is 0.563. The van der Waals surface area contributed by atoms with Crippen molar-refractivity contribution in [2.24, 2.45) is 0 Å². The van der Waals surface area contributed by atoms with Crippen LogP contribution in [-0.4, -0.2) is 59.8 Å². The predicted molar refractivity (Wildman–Crippen MR) is 107 cm³/mol. The summed E-state index contributed by atoms with van der Waals surface area (Å²) in [6.45, 7) is -0.962. The van der Waals surface area contributed by atoms with E-state index in [2.05, 4.69) is 14.6 Å². The van der Waals surface area contributed by atoms with E-state index >= 15 is 0 Å².